The van der Waals surface area contributed by atoms with Gasteiger partial charge in [-0.2, -0.15) is 0 Å². The van der Waals surface area contributed by atoms with E-state index in [0.29, 0.717) is 67.8 Å². The van der Waals surface area contributed by atoms with E-state index in [9.17, 15) is 28.8 Å². The van der Waals surface area contributed by atoms with Crippen LogP contribution in [0.5, 0.6) is 17.2 Å². The molecule has 2 unspecified atom stereocenters. The molecule has 2 aromatic rings. The van der Waals surface area contributed by atoms with Gasteiger partial charge in [-0.3, -0.25) is 28.8 Å². The van der Waals surface area contributed by atoms with Gasteiger partial charge in [0.2, 0.25) is 0 Å². The van der Waals surface area contributed by atoms with Crippen molar-refractivity contribution in [1.82, 2.24) is 0 Å². The molecule has 498 valence electrons. The number of ether oxygens (including phenoxy) is 7. The van der Waals surface area contributed by atoms with Gasteiger partial charge in [-0.05, 0) is 87.1 Å². The van der Waals surface area contributed by atoms with Gasteiger partial charge in [0.25, 0.3) is 0 Å². The van der Waals surface area contributed by atoms with Crippen LogP contribution in [0.2, 0.25) is 0 Å². The highest BCUT2D eigenvalue weighted by atomic mass is 16.6. The van der Waals surface area contributed by atoms with E-state index in [1.807, 2.05) is 45.9 Å². The number of allylic oxidation sites excluding steroid dienone is 2. The number of unbranched alkanes of at least 4 members (excludes halogenated alkanes) is 28. The highest BCUT2D eigenvalue weighted by Gasteiger charge is 2.32. The van der Waals surface area contributed by atoms with Crippen LogP contribution >= 0.6 is 0 Å². The lowest BCUT2D eigenvalue weighted by Crippen LogP contribution is -2.31. The van der Waals surface area contributed by atoms with Crippen molar-refractivity contribution in [3.05, 3.63) is 63.7 Å². The molecular weight excluding hydrogens is 1110 g/mol. The number of benzene rings is 2. The number of hydrogen-bond acceptors (Lipinski definition) is 13. The third-order valence-electron chi connectivity index (χ3n) is 17.5. The lowest BCUT2D eigenvalue weighted by molar-refractivity contribution is -0.167. The molecule has 13 nitrogen and oxygen atoms in total. The molecule has 0 heterocycles. The van der Waals surface area contributed by atoms with Crippen molar-refractivity contribution in [1.29, 1.82) is 0 Å². The Morgan fingerprint density at radius 1 is 0.545 bits per heavy atom. The first kappa shape index (κ1) is 77.0. The Labute approximate surface area is 533 Å². The third kappa shape index (κ3) is 34.1. The lowest BCUT2D eigenvalue weighted by Gasteiger charge is -2.21. The Balaban J connectivity index is 1.37. The number of Topliss-reactive ketones (excluding diaryl/α,β-unsaturated/α-hetero) is 1. The normalized spacial score (nSPS) is 12.9. The van der Waals surface area contributed by atoms with E-state index in [1.54, 1.807) is 19.2 Å². The van der Waals surface area contributed by atoms with Crippen LogP contribution in [0.25, 0.3) is 0 Å². The molecule has 0 aromatic heterocycles. The smallest absolute Gasteiger partial charge is 0.314 e. The number of carbonyl (C=O) groups excluding carboxylic acids is 6. The largest absolute Gasteiger partial charge is 0.496 e. The SMILES string of the molecule is CCCCCCCCCCCCCCCC(=O)OCC(COC(=O)CCCCCCCCCCCCCCC)OC(=O)CC(C)CCCCCCCC(C)C(=O)Oc1ccc(COc2c(C/C=C(\C)CCC(=O)OC)c(OC)c(C)c3c2C(=O)CC3)cc1. The molecule has 0 radical (unpaired) electrons. The van der Waals surface area contributed by atoms with Crippen LogP contribution in [0.3, 0.4) is 0 Å². The van der Waals surface area contributed by atoms with Gasteiger partial charge in [-0.25, -0.2) is 0 Å². The molecule has 0 saturated carbocycles. The van der Waals surface area contributed by atoms with Crippen molar-refractivity contribution >= 4 is 35.6 Å². The van der Waals surface area contributed by atoms with E-state index in [-0.39, 0.29) is 80.1 Å². The molecule has 1 aliphatic carbocycles. The highest BCUT2D eigenvalue weighted by molar-refractivity contribution is 6.04. The van der Waals surface area contributed by atoms with Gasteiger partial charge in [0.15, 0.2) is 11.9 Å². The van der Waals surface area contributed by atoms with Crippen molar-refractivity contribution in [2.75, 3.05) is 27.4 Å². The van der Waals surface area contributed by atoms with Crippen molar-refractivity contribution in [3.63, 3.8) is 0 Å². The Kier molecular flexibility index (Phi) is 42.6. The maximum Gasteiger partial charge on any atom is 0.314 e. The summed E-state index contributed by atoms with van der Waals surface area (Å²) in [5.74, 6) is -0.0248. The standard InChI is InChI=1S/C75H120O13/c1-9-11-13-15-17-19-21-23-25-27-29-34-38-42-69(78)84-56-64(57-85-70(79)43-39-35-30-28-26-24-22-20-18-16-14-12-10-2)87-71(80)54-59(4)40-36-32-31-33-37-41-60(5)75(81)88-63-48-46-62(47-49-63)55-86-74-66(50-44-58(3)45-53-68(77)82-7)73(83-8)61(6)65-51-52-67(76)72(65)74/h44,46-49,59-60,64H,9-43,45,50-57H2,1-8H3/b58-44+. The number of hydrogen-bond donors (Lipinski definition) is 0. The maximum atomic E-state index is 13.3. The molecule has 0 spiro atoms. The summed E-state index contributed by atoms with van der Waals surface area (Å²) >= 11 is 0. The lowest BCUT2D eigenvalue weighted by atomic mass is 9.94. The molecule has 0 N–H and O–H groups in total. The zero-order valence-corrected chi connectivity index (χ0v) is 56.5. The Hall–Kier alpha value is -5.20. The van der Waals surface area contributed by atoms with Gasteiger partial charge in [-0.15, -0.1) is 0 Å². The predicted octanol–water partition coefficient (Wildman–Crippen LogP) is 19.4. The molecule has 0 saturated heterocycles. The van der Waals surface area contributed by atoms with Crippen molar-refractivity contribution in [3.8, 4) is 17.2 Å². The average Bonchev–Trinajstić information content (AvgIpc) is 1.94. The van der Waals surface area contributed by atoms with Crippen LogP contribution in [-0.4, -0.2) is 69.2 Å². The van der Waals surface area contributed by atoms with Crippen LogP contribution < -0.4 is 14.2 Å². The maximum absolute atomic E-state index is 13.3. The van der Waals surface area contributed by atoms with E-state index in [0.717, 1.165) is 105 Å². The van der Waals surface area contributed by atoms with Crippen LogP contribution in [0, 0.1) is 18.8 Å². The van der Waals surface area contributed by atoms with Crippen LogP contribution in [0.4, 0.5) is 0 Å². The molecule has 0 aliphatic heterocycles. The summed E-state index contributed by atoms with van der Waals surface area (Å²) in [6, 6.07) is 7.25. The fraction of sp³-hybridized carbons (Fsp3) is 0.733. The van der Waals surface area contributed by atoms with Gasteiger partial charge >= 0.3 is 29.8 Å². The molecule has 88 heavy (non-hydrogen) atoms. The van der Waals surface area contributed by atoms with Crippen molar-refractivity contribution in [2.24, 2.45) is 11.8 Å². The van der Waals surface area contributed by atoms with Gasteiger partial charge in [0.1, 0.15) is 37.1 Å². The first-order valence-electron chi connectivity index (χ1n) is 35.1. The van der Waals surface area contributed by atoms with E-state index >= 15 is 0 Å². The van der Waals surface area contributed by atoms with Crippen LogP contribution in [0.1, 0.15) is 318 Å². The Morgan fingerprint density at radius 3 is 1.51 bits per heavy atom. The second-order valence-electron chi connectivity index (χ2n) is 25.4. The molecule has 1 aliphatic rings. The number of rotatable bonds is 54. The molecule has 3 rings (SSSR count). The Bertz CT molecular complexity index is 2250. The average molecular weight is 1230 g/mol. The van der Waals surface area contributed by atoms with Crippen molar-refractivity contribution in [2.45, 2.75) is 318 Å². The minimum Gasteiger partial charge on any atom is -0.496 e. The summed E-state index contributed by atoms with van der Waals surface area (Å²) < 4.78 is 40.0. The monoisotopic (exact) mass is 1230 g/mol. The molecule has 0 fully saturated rings. The van der Waals surface area contributed by atoms with Gasteiger partial charge in [-0.1, -0.05) is 244 Å². The number of fused-ring (bicyclic) bond motifs is 1. The molecule has 0 amide bonds. The fourth-order valence-electron chi connectivity index (χ4n) is 11.8. The zero-order chi connectivity index (χ0) is 64.0. The van der Waals surface area contributed by atoms with Crippen molar-refractivity contribution < 1.29 is 61.9 Å². The first-order valence-corrected chi connectivity index (χ1v) is 35.1. The summed E-state index contributed by atoms with van der Waals surface area (Å²) in [6.45, 7) is 12.3. The summed E-state index contributed by atoms with van der Waals surface area (Å²) in [7, 11) is 3.01. The predicted molar refractivity (Wildman–Crippen MR) is 353 cm³/mol. The molecule has 2 atom stereocenters. The number of ketones is 1. The van der Waals surface area contributed by atoms with Crippen LogP contribution in [0.15, 0.2) is 35.9 Å². The topological polar surface area (TPSA) is 167 Å². The van der Waals surface area contributed by atoms with E-state index in [4.69, 9.17) is 33.2 Å². The van der Waals surface area contributed by atoms with E-state index in [2.05, 4.69) is 13.8 Å². The molecule has 13 heteroatoms. The Morgan fingerprint density at radius 2 is 1.02 bits per heavy atom. The van der Waals surface area contributed by atoms with Gasteiger partial charge in [0.05, 0.1) is 25.7 Å². The minimum atomic E-state index is -0.853. The van der Waals surface area contributed by atoms with E-state index < -0.39 is 6.10 Å². The molecular formula is C75H120O13. The minimum absolute atomic E-state index is 0.0483. The number of esters is 5. The van der Waals surface area contributed by atoms with Crippen LogP contribution in [-0.2, 0) is 62.4 Å². The summed E-state index contributed by atoms with van der Waals surface area (Å²) in [6.07, 6.45) is 42.7. The molecule has 0 bridgehead atoms. The summed E-state index contributed by atoms with van der Waals surface area (Å²) in [5, 5.41) is 0. The summed E-state index contributed by atoms with van der Waals surface area (Å²) in [5.41, 5.74) is 5.17. The molecule has 2 aromatic carbocycles. The second-order valence-corrected chi connectivity index (χ2v) is 25.4. The zero-order valence-electron chi connectivity index (χ0n) is 56.5. The van der Waals surface area contributed by atoms with Gasteiger partial charge < -0.3 is 33.2 Å². The first-order chi connectivity index (χ1) is 42.7. The summed E-state index contributed by atoms with van der Waals surface area (Å²) in [4.78, 5) is 77.0. The number of methoxy groups -OCH3 is 2. The third-order valence-corrected chi connectivity index (χ3v) is 17.5. The number of carbonyl (C=O) groups is 6. The fourth-order valence-corrected chi connectivity index (χ4v) is 11.8. The highest BCUT2D eigenvalue weighted by Crippen LogP contribution is 2.44. The quantitative estimate of drug-likeness (QED) is 0.0202. The van der Waals surface area contributed by atoms with Gasteiger partial charge in [0, 0.05) is 37.7 Å². The second kappa shape index (κ2) is 48.6. The van der Waals surface area contributed by atoms with E-state index in [1.165, 1.54) is 136 Å².